The lowest BCUT2D eigenvalue weighted by Crippen LogP contribution is -1.74. The normalized spacial score (nSPS) is 9.56. The Labute approximate surface area is 67.9 Å². The van der Waals surface area contributed by atoms with Gasteiger partial charge in [-0.3, -0.25) is 0 Å². The first-order chi connectivity index (χ1) is 4.20. The summed E-state index contributed by atoms with van der Waals surface area (Å²) in [7, 11) is 0. The molecule has 0 unspecified atom stereocenters. The van der Waals surface area contributed by atoms with Crippen LogP contribution in [-0.2, 0) is 0 Å². The largest absolute Gasteiger partial charge is 0.508 e. The van der Waals surface area contributed by atoms with Crippen molar-refractivity contribution in [2.45, 2.75) is 0 Å². The van der Waals surface area contributed by atoms with Gasteiger partial charge in [0.15, 0.2) is 0 Å². The van der Waals surface area contributed by atoms with Crippen LogP contribution in [0.5, 0.6) is 5.75 Å². The molecule has 47 valence electrons. The molecule has 0 fully saturated rings. The number of halogens is 1. The van der Waals surface area contributed by atoms with Crippen molar-refractivity contribution in [3.8, 4) is 5.75 Å². The first-order valence-electron chi connectivity index (χ1n) is 2.50. The van der Waals surface area contributed by atoms with Gasteiger partial charge in [0.2, 0.25) is 0 Å². The van der Waals surface area contributed by atoms with Crippen molar-refractivity contribution in [2.24, 2.45) is 0 Å². The highest BCUT2D eigenvalue weighted by Crippen LogP contribution is 2.17. The summed E-state index contributed by atoms with van der Waals surface area (Å²) in [6.45, 7) is 3.63. The van der Waals surface area contributed by atoms with E-state index in [1.54, 1.807) is 6.07 Å². The van der Waals surface area contributed by atoms with Gasteiger partial charge in [0, 0.05) is 3.57 Å². The first kappa shape index (κ1) is 6.86. The van der Waals surface area contributed by atoms with Crippen LogP contribution in [0.25, 0.3) is 0 Å². The van der Waals surface area contributed by atoms with Crippen LogP contribution in [0.4, 0.5) is 0 Å². The maximum Gasteiger partial charge on any atom is 0.118 e. The lowest BCUT2D eigenvalue weighted by Gasteiger charge is -1.95. The Balaban J connectivity index is 3.17. The summed E-state index contributed by atoms with van der Waals surface area (Å²) in [6, 6.07) is 5.31. The van der Waals surface area contributed by atoms with Crippen LogP contribution in [0.1, 0.15) is 5.56 Å². The molecule has 0 aliphatic carbocycles. The minimum Gasteiger partial charge on any atom is -0.508 e. The average Bonchev–Trinajstić information content (AvgIpc) is 1.80. The van der Waals surface area contributed by atoms with E-state index in [0.717, 1.165) is 3.57 Å². The highest BCUT2D eigenvalue weighted by Gasteiger charge is 1.92. The Morgan fingerprint density at radius 3 is 2.56 bits per heavy atom. The molecule has 0 atom stereocenters. The molecule has 0 amide bonds. The topological polar surface area (TPSA) is 20.2 Å². The van der Waals surface area contributed by atoms with Crippen LogP contribution >= 0.6 is 22.6 Å². The van der Waals surface area contributed by atoms with Gasteiger partial charge in [0.1, 0.15) is 5.75 Å². The van der Waals surface area contributed by atoms with E-state index in [9.17, 15) is 0 Å². The van der Waals surface area contributed by atoms with Crippen LogP contribution in [0, 0.1) is 10.5 Å². The minimum absolute atomic E-state index is 0.260. The number of hydrogen-bond donors (Lipinski definition) is 1. The van der Waals surface area contributed by atoms with Gasteiger partial charge >= 0.3 is 0 Å². The van der Waals surface area contributed by atoms with Crippen molar-refractivity contribution in [1.29, 1.82) is 0 Å². The summed E-state index contributed by atoms with van der Waals surface area (Å²) >= 11 is 2.17. The van der Waals surface area contributed by atoms with Crippen molar-refractivity contribution in [3.63, 3.8) is 0 Å². The molecule has 1 N–H and O–H groups in total. The molecule has 0 saturated carbocycles. The zero-order chi connectivity index (χ0) is 6.85. The van der Waals surface area contributed by atoms with Gasteiger partial charge in [-0.25, -0.2) is 0 Å². The molecule has 0 aromatic heterocycles. The molecular weight excluding hydrogens is 227 g/mol. The highest BCUT2D eigenvalue weighted by atomic mass is 127. The van der Waals surface area contributed by atoms with Crippen molar-refractivity contribution >= 4 is 22.6 Å². The molecule has 0 saturated heterocycles. The molecule has 2 heteroatoms. The summed E-state index contributed by atoms with van der Waals surface area (Å²) in [6.07, 6.45) is 0. The van der Waals surface area contributed by atoms with Gasteiger partial charge in [-0.2, -0.15) is 0 Å². The molecule has 9 heavy (non-hydrogen) atoms. The third-order valence-corrected chi connectivity index (χ3v) is 1.71. The fourth-order valence-corrected chi connectivity index (χ4v) is 1.11. The number of benzene rings is 1. The van der Waals surface area contributed by atoms with Crippen molar-refractivity contribution in [3.05, 3.63) is 34.3 Å². The van der Waals surface area contributed by atoms with Gasteiger partial charge in [-0.1, -0.05) is 0 Å². The molecule has 1 nitrogen and oxygen atoms in total. The zero-order valence-corrected chi connectivity index (χ0v) is 6.92. The van der Waals surface area contributed by atoms with Crippen LogP contribution in [0.3, 0.4) is 0 Å². The summed E-state index contributed by atoms with van der Waals surface area (Å²) in [4.78, 5) is 0. The maximum absolute atomic E-state index is 8.98. The third kappa shape index (κ3) is 1.58. The second kappa shape index (κ2) is 2.56. The fourth-order valence-electron chi connectivity index (χ4n) is 0.554. The molecule has 1 radical (unpaired) electrons. The maximum atomic E-state index is 8.98. The van der Waals surface area contributed by atoms with E-state index < -0.39 is 0 Å². The van der Waals surface area contributed by atoms with Crippen molar-refractivity contribution in [1.82, 2.24) is 0 Å². The smallest absolute Gasteiger partial charge is 0.118 e. The van der Waals surface area contributed by atoms with E-state index in [1.165, 1.54) is 0 Å². The van der Waals surface area contributed by atoms with Gasteiger partial charge < -0.3 is 5.11 Å². The fraction of sp³-hybridized carbons (Fsp3) is 0. The third-order valence-electron chi connectivity index (χ3n) is 1.04. The van der Waals surface area contributed by atoms with Gasteiger partial charge in [0.25, 0.3) is 0 Å². The summed E-state index contributed by atoms with van der Waals surface area (Å²) in [5.41, 5.74) is 0.682. The highest BCUT2D eigenvalue weighted by molar-refractivity contribution is 14.1. The van der Waals surface area contributed by atoms with E-state index in [2.05, 4.69) is 29.5 Å². The summed E-state index contributed by atoms with van der Waals surface area (Å²) < 4.78 is 1.09. The average molecular weight is 233 g/mol. The van der Waals surface area contributed by atoms with E-state index in [4.69, 9.17) is 5.11 Å². The van der Waals surface area contributed by atoms with Crippen LogP contribution < -0.4 is 0 Å². The molecule has 0 aliphatic rings. The first-order valence-corrected chi connectivity index (χ1v) is 3.58. The molecule has 0 heterocycles. The molecule has 1 aromatic carbocycles. The van der Waals surface area contributed by atoms with E-state index in [0.29, 0.717) is 5.56 Å². The Bertz CT molecular complexity index is 220. The predicted octanol–water partition coefficient (Wildman–Crippen LogP) is 2.18. The Kier molecular flexibility index (Phi) is 1.95. The van der Waals surface area contributed by atoms with Crippen LogP contribution in [0.15, 0.2) is 18.2 Å². The summed E-state index contributed by atoms with van der Waals surface area (Å²) in [5.74, 6) is 0.260. The number of phenolic OH excluding ortho intramolecular Hbond substituents is 1. The van der Waals surface area contributed by atoms with Gasteiger partial charge in [-0.15, -0.1) is 0 Å². The number of rotatable bonds is 0. The summed E-state index contributed by atoms with van der Waals surface area (Å²) in [5, 5.41) is 8.98. The van der Waals surface area contributed by atoms with Crippen molar-refractivity contribution < 1.29 is 5.11 Å². The quantitative estimate of drug-likeness (QED) is 0.681. The monoisotopic (exact) mass is 233 g/mol. The second-order valence-electron chi connectivity index (χ2n) is 1.77. The van der Waals surface area contributed by atoms with Crippen LogP contribution in [0.2, 0.25) is 0 Å². The van der Waals surface area contributed by atoms with E-state index in [1.807, 2.05) is 12.1 Å². The lowest BCUT2D eigenvalue weighted by molar-refractivity contribution is 0.473. The molecule has 0 bridgehead atoms. The molecule has 1 rings (SSSR count). The van der Waals surface area contributed by atoms with E-state index in [-0.39, 0.29) is 5.75 Å². The second-order valence-corrected chi connectivity index (χ2v) is 3.02. The molecule has 1 aromatic rings. The minimum atomic E-state index is 0.260. The molecule has 0 spiro atoms. The van der Waals surface area contributed by atoms with Gasteiger partial charge in [0.05, 0.1) is 0 Å². The van der Waals surface area contributed by atoms with Crippen LogP contribution in [-0.4, -0.2) is 5.11 Å². The number of aromatic hydroxyl groups is 1. The number of hydrogen-bond acceptors (Lipinski definition) is 1. The van der Waals surface area contributed by atoms with E-state index >= 15 is 0 Å². The predicted molar refractivity (Wildman–Crippen MR) is 45.3 cm³/mol. The standard InChI is InChI=1S/C7H6IO/c1-5-4-6(8)2-3-7(5)9/h2-4,9H,1H2. The molecule has 0 aliphatic heterocycles. The van der Waals surface area contributed by atoms with Gasteiger partial charge in [-0.05, 0) is 53.3 Å². The Morgan fingerprint density at radius 2 is 2.11 bits per heavy atom. The molecular formula is C7H6IO. The SMILES string of the molecule is [CH2]c1cc(I)ccc1O. The lowest BCUT2D eigenvalue weighted by atomic mass is 10.2. The Morgan fingerprint density at radius 1 is 1.44 bits per heavy atom. The number of phenols is 1. The van der Waals surface area contributed by atoms with Crippen molar-refractivity contribution in [2.75, 3.05) is 0 Å². The Hall–Kier alpha value is -0.250. The zero-order valence-electron chi connectivity index (χ0n) is 4.76.